The fraction of sp³-hybridized carbons (Fsp3) is 0.634. The van der Waals surface area contributed by atoms with Crippen LogP contribution in [0.3, 0.4) is 0 Å². The number of aromatic nitrogens is 2. The van der Waals surface area contributed by atoms with Crippen LogP contribution in [0.25, 0.3) is 5.69 Å². The molecule has 0 aliphatic heterocycles. The summed E-state index contributed by atoms with van der Waals surface area (Å²) in [7, 11) is 0. The van der Waals surface area contributed by atoms with Crippen molar-refractivity contribution in [2.24, 2.45) is 11.1 Å². The molecule has 1 fully saturated rings. The molecule has 6 N–H and O–H groups in total. The summed E-state index contributed by atoms with van der Waals surface area (Å²) in [4.78, 5) is 75.7. The Balaban J connectivity index is 1.32. The van der Waals surface area contributed by atoms with Gasteiger partial charge in [-0.15, -0.1) is 0 Å². The van der Waals surface area contributed by atoms with Gasteiger partial charge >= 0.3 is 24.3 Å². The fourth-order valence-electron chi connectivity index (χ4n) is 7.09. The molecule has 0 unspecified atom stereocenters. The van der Waals surface area contributed by atoms with Crippen LogP contribution in [0.1, 0.15) is 139 Å². The highest BCUT2D eigenvalue weighted by Gasteiger charge is 2.45. The quantitative estimate of drug-likeness (QED) is 0.0828. The van der Waals surface area contributed by atoms with Crippen molar-refractivity contribution < 1.29 is 56.1 Å². The monoisotopic (exact) mass is 849 g/mol. The summed E-state index contributed by atoms with van der Waals surface area (Å²) in [6.45, 7) is 13.9. The normalized spacial score (nSPS) is 18.4. The molecule has 19 heteroatoms. The van der Waals surface area contributed by atoms with Crippen LogP contribution < -0.4 is 27.0 Å². The molecule has 332 valence electrons. The molecular formula is C41H58F3N7O9. The second kappa shape index (κ2) is 18.9. The zero-order valence-electron chi connectivity index (χ0n) is 35.5. The second-order valence-electron chi connectivity index (χ2n) is 18.0. The van der Waals surface area contributed by atoms with Crippen molar-refractivity contribution in [2.45, 2.75) is 149 Å². The molecular weight excluding hydrogens is 791 g/mol. The number of alkyl carbamates (subject to hydrolysis) is 2. The van der Waals surface area contributed by atoms with Crippen LogP contribution in [0.4, 0.5) is 28.4 Å². The number of nitrogens with zero attached hydrogens (tertiary/aromatic N) is 2. The number of anilines is 1. The number of Topliss-reactive ketones (excluding diaryl/α,β-unsaturated/α-hetero) is 1. The van der Waals surface area contributed by atoms with Gasteiger partial charge in [0.1, 0.15) is 23.3 Å². The Bertz CT molecular complexity index is 1920. The average Bonchev–Trinajstić information content (AvgIpc) is 3.48. The third-order valence-electron chi connectivity index (χ3n) is 9.63. The Morgan fingerprint density at radius 3 is 2.15 bits per heavy atom. The van der Waals surface area contributed by atoms with E-state index in [2.05, 4.69) is 26.4 Å². The molecule has 2 aliphatic carbocycles. The minimum atomic E-state index is -4.86. The summed E-state index contributed by atoms with van der Waals surface area (Å²) in [5.74, 6) is -2.48. The lowest BCUT2D eigenvalue weighted by Gasteiger charge is -2.30. The average molecular weight is 850 g/mol. The highest BCUT2D eigenvalue weighted by atomic mass is 19.4. The van der Waals surface area contributed by atoms with Crippen molar-refractivity contribution in [3.8, 4) is 5.69 Å². The summed E-state index contributed by atoms with van der Waals surface area (Å²) in [5.41, 5.74) is 2.65. The molecule has 0 saturated heterocycles. The molecule has 60 heavy (non-hydrogen) atoms. The van der Waals surface area contributed by atoms with E-state index in [4.69, 9.17) is 19.9 Å². The number of nitrogens with two attached hydrogens (primary N) is 1. The first-order chi connectivity index (χ1) is 27.7. The van der Waals surface area contributed by atoms with E-state index < -0.39 is 81.9 Å². The summed E-state index contributed by atoms with van der Waals surface area (Å²) < 4.78 is 59.5. The Morgan fingerprint density at radius 1 is 0.917 bits per heavy atom. The van der Waals surface area contributed by atoms with E-state index in [0.29, 0.717) is 32.1 Å². The minimum absolute atomic E-state index is 0.0501. The van der Waals surface area contributed by atoms with Crippen LogP contribution in [0.5, 0.6) is 0 Å². The Kier molecular flexibility index (Phi) is 14.9. The number of esters is 1. The van der Waals surface area contributed by atoms with Crippen molar-refractivity contribution in [3.63, 3.8) is 0 Å². The maximum Gasteiger partial charge on any atom is 0.435 e. The third-order valence-corrected chi connectivity index (χ3v) is 9.63. The lowest BCUT2D eigenvalue weighted by molar-refractivity contribution is -0.150. The van der Waals surface area contributed by atoms with Gasteiger partial charge in [-0.25, -0.2) is 14.3 Å². The van der Waals surface area contributed by atoms with E-state index in [0.717, 1.165) is 4.68 Å². The molecule has 0 radical (unpaired) electrons. The maximum atomic E-state index is 14.1. The minimum Gasteiger partial charge on any atom is -0.462 e. The van der Waals surface area contributed by atoms with Crippen LogP contribution >= 0.6 is 0 Å². The van der Waals surface area contributed by atoms with Crippen molar-refractivity contribution in [1.29, 1.82) is 0 Å². The SMILES string of the molecule is CC1(C)CC(=O)c2c(C(F)(F)F)nn(-c3ccc(C(N)=O)c(NC4CCC(OC(=O)CCNC(=O)[C@H](CCCNC(=O)OC(C)(C)C)NC(=O)OC(C)(C)C)CC4)c3)c2C1. The zero-order chi connectivity index (χ0) is 44.8. The molecule has 1 saturated carbocycles. The van der Waals surface area contributed by atoms with E-state index in [1.807, 2.05) is 0 Å². The number of benzene rings is 1. The number of carbonyl (C=O) groups is 6. The first-order valence-corrected chi connectivity index (χ1v) is 20.1. The van der Waals surface area contributed by atoms with Crippen LogP contribution in [-0.2, 0) is 36.4 Å². The molecule has 2 aromatic rings. The van der Waals surface area contributed by atoms with E-state index in [-0.39, 0.29) is 67.4 Å². The number of primary amides is 1. The number of hydrogen-bond donors (Lipinski definition) is 5. The molecule has 16 nitrogen and oxygen atoms in total. The maximum absolute atomic E-state index is 14.1. The second-order valence-corrected chi connectivity index (χ2v) is 18.0. The standard InChI is InChI=1S/C41H58F3N7O9/c1-38(2,3)59-36(56)47-18-9-10-27(49-37(57)60-39(4,5)6)35(55)46-19-17-31(53)58-25-14-11-23(12-15-25)48-28-20-24(13-16-26(28)34(45)54)51-29-21-40(7,8)22-30(52)32(29)33(50-51)41(42,43)44/h13,16,20,23,25,27,48H,9-12,14-15,17-19,21-22H2,1-8H3,(H2,45,54)(H,46,55)(H,47,56)(H,49,57)/t23?,25?,27-/m0/s1. The molecule has 1 aromatic carbocycles. The van der Waals surface area contributed by atoms with Gasteiger partial charge in [0.25, 0.3) is 5.91 Å². The highest BCUT2D eigenvalue weighted by molar-refractivity contribution is 6.01. The predicted molar refractivity (Wildman–Crippen MR) is 214 cm³/mol. The number of alkyl halides is 3. The number of halogens is 3. The van der Waals surface area contributed by atoms with Crippen LogP contribution in [0, 0.1) is 5.41 Å². The molecule has 0 bridgehead atoms. The van der Waals surface area contributed by atoms with Crippen molar-refractivity contribution in [2.75, 3.05) is 18.4 Å². The Hall–Kier alpha value is -5.36. The van der Waals surface area contributed by atoms with Crippen molar-refractivity contribution in [1.82, 2.24) is 25.7 Å². The number of rotatable bonds is 14. The van der Waals surface area contributed by atoms with Crippen molar-refractivity contribution in [3.05, 3.63) is 40.7 Å². The van der Waals surface area contributed by atoms with Crippen molar-refractivity contribution >= 4 is 41.4 Å². The third kappa shape index (κ3) is 13.9. The van der Waals surface area contributed by atoms with Gasteiger partial charge in [0, 0.05) is 31.2 Å². The Labute approximate surface area is 347 Å². The molecule has 4 rings (SSSR count). The predicted octanol–water partition coefficient (Wildman–Crippen LogP) is 6.12. The Morgan fingerprint density at radius 2 is 1.55 bits per heavy atom. The molecule has 4 amide bonds. The summed E-state index contributed by atoms with van der Waals surface area (Å²) in [6, 6.07) is 3.11. The van der Waals surface area contributed by atoms with E-state index in [1.54, 1.807) is 55.4 Å². The molecule has 0 spiro atoms. The number of hydrogen-bond acceptors (Lipinski definition) is 11. The van der Waals surface area contributed by atoms with Gasteiger partial charge in [-0.05, 0) is 110 Å². The van der Waals surface area contributed by atoms with Gasteiger partial charge in [0.15, 0.2) is 11.5 Å². The largest absolute Gasteiger partial charge is 0.462 e. The van der Waals surface area contributed by atoms with Gasteiger partial charge in [0.05, 0.1) is 28.9 Å². The van der Waals surface area contributed by atoms with Crippen LogP contribution in [0.15, 0.2) is 18.2 Å². The van der Waals surface area contributed by atoms with E-state index in [9.17, 15) is 41.9 Å². The van der Waals surface area contributed by atoms with Gasteiger partial charge < -0.3 is 41.2 Å². The molecule has 1 heterocycles. The number of amides is 4. The molecule has 1 aromatic heterocycles. The first kappa shape index (κ1) is 47.3. The lowest BCUT2D eigenvalue weighted by atomic mass is 9.75. The topological polar surface area (TPSA) is 222 Å². The number of ether oxygens (including phenoxy) is 3. The van der Waals surface area contributed by atoms with E-state index in [1.165, 1.54) is 18.2 Å². The fourth-order valence-corrected chi connectivity index (χ4v) is 7.09. The lowest BCUT2D eigenvalue weighted by Crippen LogP contribution is -2.48. The van der Waals surface area contributed by atoms with Crippen LogP contribution in [0.2, 0.25) is 0 Å². The summed E-state index contributed by atoms with van der Waals surface area (Å²) in [5, 5.41) is 14.9. The number of carbonyl (C=O) groups excluding carboxylic acids is 6. The summed E-state index contributed by atoms with van der Waals surface area (Å²) in [6.07, 6.45) is -4.32. The number of fused-ring (bicyclic) bond motifs is 1. The number of nitrogens with one attached hydrogen (secondary N) is 4. The smallest absolute Gasteiger partial charge is 0.435 e. The van der Waals surface area contributed by atoms with Gasteiger partial charge in [-0.1, -0.05) is 13.8 Å². The van der Waals surface area contributed by atoms with Gasteiger partial charge in [-0.2, -0.15) is 18.3 Å². The zero-order valence-corrected chi connectivity index (χ0v) is 35.5. The van der Waals surface area contributed by atoms with Gasteiger partial charge in [-0.3, -0.25) is 19.2 Å². The summed E-state index contributed by atoms with van der Waals surface area (Å²) >= 11 is 0. The molecule has 2 aliphatic rings. The van der Waals surface area contributed by atoms with Crippen LogP contribution in [-0.4, -0.2) is 88.0 Å². The first-order valence-electron chi connectivity index (χ1n) is 20.1. The number of ketones is 1. The molecule has 1 atom stereocenters. The van der Waals surface area contributed by atoms with Gasteiger partial charge in [0.2, 0.25) is 5.91 Å². The highest BCUT2D eigenvalue weighted by Crippen LogP contribution is 2.42. The van der Waals surface area contributed by atoms with E-state index >= 15 is 0 Å².